The van der Waals surface area contributed by atoms with Gasteiger partial charge in [0.25, 0.3) is 5.91 Å². The monoisotopic (exact) mass is 192 g/mol. The van der Waals surface area contributed by atoms with Gasteiger partial charge in [0.15, 0.2) is 0 Å². The summed E-state index contributed by atoms with van der Waals surface area (Å²) < 4.78 is 0. The van der Waals surface area contributed by atoms with Crippen LogP contribution in [0.4, 0.5) is 4.79 Å². The van der Waals surface area contributed by atoms with Gasteiger partial charge in [-0.05, 0) is 6.07 Å². The van der Waals surface area contributed by atoms with Gasteiger partial charge in [-0.2, -0.15) is 0 Å². The first-order valence-corrected chi connectivity index (χ1v) is 4.08. The highest BCUT2D eigenvalue weighted by Crippen LogP contribution is 2.25. The Hall–Kier alpha value is -2.04. The maximum atomic E-state index is 11.2. The number of urea groups is 1. The van der Waals surface area contributed by atoms with Crippen LogP contribution in [0, 0.1) is 0 Å². The number of nitrogens with one attached hydrogen (secondary N) is 2. The summed E-state index contributed by atoms with van der Waals surface area (Å²) in [7, 11) is 0. The molecule has 2 rings (SSSR count). The summed E-state index contributed by atoms with van der Waals surface area (Å²) in [5.41, 5.74) is 0.399. The van der Waals surface area contributed by atoms with E-state index in [1.807, 2.05) is 0 Å². The van der Waals surface area contributed by atoms with E-state index in [9.17, 15) is 14.7 Å². The van der Waals surface area contributed by atoms with Gasteiger partial charge in [0.05, 0.1) is 0 Å². The van der Waals surface area contributed by atoms with Crippen molar-refractivity contribution in [2.45, 2.75) is 6.04 Å². The molecule has 5 nitrogen and oxygen atoms in total. The summed E-state index contributed by atoms with van der Waals surface area (Å²) in [5.74, 6) is -0.452. The van der Waals surface area contributed by atoms with E-state index in [0.29, 0.717) is 5.56 Å². The second kappa shape index (κ2) is 3.02. The van der Waals surface area contributed by atoms with Gasteiger partial charge in [0, 0.05) is 5.56 Å². The fourth-order valence-corrected chi connectivity index (χ4v) is 1.37. The number of para-hydroxylation sites is 1. The van der Waals surface area contributed by atoms with Crippen molar-refractivity contribution in [3.8, 4) is 5.75 Å². The highest BCUT2D eigenvalue weighted by atomic mass is 16.3. The number of carbonyl (C=O) groups excluding carboxylic acids is 2. The van der Waals surface area contributed by atoms with E-state index in [1.54, 1.807) is 18.2 Å². The van der Waals surface area contributed by atoms with Gasteiger partial charge in [-0.3, -0.25) is 10.1 Å². The summed E-state index contributed by atoms with van der Waals surface area (Å²) in [6.45, 7) is 0. The van der Waals surface area contributed by atoms with Gasteiger partial charge in [-0.1, -0.05) is 18.2 Å². The smallest absolute Gasteiger partial charge is 0.322 e. The van der Waals surface area contributed by atoms with E-state index in [2.05, 4.69) is 10.6 Å². The van der Waals surface area contributed by atoms with Crippen LogP contribution in [0.2, 0.25) is 0 Å². The fraction of sp³-hybridized carbons (Fsp3) is 0.111. The van der Waals surface area contributed by atoms with Crippen molar-refractivity contribution in [2.75, 3.05) is 0 Å². The summed E-state index contributed by atoms with van der Waals surface area (Å²) >= 11 is 0. The number of hydrogen-bond donors (Lipinski definition) is 3. The third kappa shape index (κ3) is 1.28. The molecular formula is C9H8N2O3. The normalized spacial score (nSPS) is 20.4. The Balaban J connectivity index is 2.36. The van der Waals surface area contributed by atoms with E-state index in [1.165, 1.54) is 6.07 Å². The average Bonchev–Trinajstić information content (AvgIpc) is 2.46. The van der Waals surface area contributed by atoms with E-state index in [0.717, 1.165) is 0 Å². The van der Waals surface area contributed by atoms with Crippen molar-refractivity contribution in [1.82, 2.24) is 10.6 Å². The Kier molecular flexibility index (Phi) is 1.85. The second-order valence-corrected chi connectivity index (χ2v) is 2.95. The Labute approximate surface area is 79.7 Å². The molecule has 1 atom stereocenters. The van der Waals surface area contributed by atoms with Gasteiger partial charge in [0.1, 0.15) is 11.8 Å². The SMILES string of the molecule is O=C1NC(=O)[C@@H](c2ccccc2O)N1. The van der Waals surface area contributed by atoms with Crippen LogP contribution in [0.15, 0.2) is 24.3 Å². The molecule has 0 unspecified atom stereocenters. The lowest BCUT2D eigenvalue weighted by Gasteiger charge is -2.08. The number of hydrogen-bond acceptors (Lipinski definition) is 3. The minimum Gasteiger partial charge on any atom is -0.508 e. The molecule has 0 radical (unpaired) electrons. The molecule has 72 valence electrons. The zero-order chi connectivity index (χ0) is 10.1. The highest BCUT2D eigenvalue weighted by Gasteiger charge is 2.32. The van der Waals surface area contributed by atoms with Crippen LogP contribution >= 0.6 is 0 Å². The molecule has 3 N–H and O–H groups in total. The van der Waals surface area contributed by atoms with Crippen LogP contribution in [0.1, 0.15) is 11.6 Å². The summed E-state index contributed by atoms with van der Waals surface area (Å²) in [5, 5.41) is 13.9. The third-order valence-corrected chi connectivity index (χ3v) is 2.02. The lowest BCUT2D eigenvalue weighted by Crippen LogP contribution is -2.22. The molecule has 14 heavy (non-hydrogen) atoms. The lowest BCUT2D eigenvalue weighted by atomic mass is 10.1. The molecule has 1 fully saturated rings. The van der Waals surface area contributed by atoms with Gasteiger partial charge >= 0.3 is 6.03 Å². The summed E-state index contributed by atoms with van der Waals surface area (Å²) in [4.78, 5) is 22.1. The van der Waals surface area contributed by atoms with Crippen LogP contribution in [0.5, 0.6) is 5.75 Å². The molecule has 1 aromatic rings. The van der Waals surface area contributed by atoms with Crippen LogP contribution in [-0.2, 0) is 4.79 Å². The maximum Gasteiger partial charge on any atom is 0.322 e. The molecule has 0 spiro atoms. The largest absolute Gasteiger partial charge is 0.508 e. The van der Waals surface area contributed by atoms with Crippen molar-refractivity contribution < 1.29 is 14.7 Å². The molecule has 1 heterocycles. The van der Waals surface area contributed by atoms with Crippen LogP contribution in [0.3, 0.4) is 0 Å². The number of imide groups is 1. The number of amides is 3. The Morgan fingerprint density at radius 2 is 1.93 bits per heavy atom. The van der Waals surface area contributed by atoms with Crippen LogP contribution < -0.4 is 10.6 Å². The van der Waals surface area contributed by atoms with Crippen LogP contribution in [-0.4, -0.2) is 17.0 Å². The molecule has 1 aliphatic heterocycles. The molecule has 0 saturated carbocycles. The quantitative estimate of drug-likeness (QED) is 0.559. The second-order valence-electron chi connectivity index (χ2n) is 2.95. The number of rotatable bonds is 1. The molecular weight excluding hydrogens is 184 g/mol. The minimum absolute atomic E-state index is 0.00477. The van der Waals surface area contributed by atoms with E-state index in [4.69, 9.17) is 0 Å². The first kappa shape index (κ1) is 8.55. The predicted octanol–water partition coefficient (Wildman–Crippen LogP) is 0.273. The van der Waals surface area contributed by atoms with E-state index in [-0.39, 0.29) is 5.75 Å². The molecule has 0 bridgehead atoms. The summed E-state index contributed by atoms with van der Waals surface area (Å²) in [6.07, 6.45) is 0. The summed E-state index contributed by atoms with van der Waals surface area (Å²) in [6, 6.07) is 5.06. The molecule has 3 amide bonds. The fourth-order valence-electron chi connectivity index (χ4n) is 1.37. The molecule has 0 aliphatic carbocycles. The van der Waals surface area contributed by atoms with Crippen molar-refractivity contribution in [3.63, 3.8) is 0 Å². The predicted molar refractivity (Wildman–Crippen MR) is 47.5 cm³/mol. The standard InChI is InChI=1S/C9H8N2O3/c12-6-4-2-1-3-5(6)7-8(13)11-9(14)10-7/h1-4,7,12H,(H2,10,11,13,14)/t7-/m1/s1. The lowest BCUT2D eigenvalue weighted by molar-refractivity contribution is -0.120. The molecule has 5 heteroatoms. The van der Waals surface area contributed by atoms with Gasteiger partial charge in [-0.15, -0.1) is 0 Å². The van der Waals surface area contributed by atoms with Gasteiger partial charge < -0.3 is 10.4 Å². The first-order chi connectivity index (χ1) is 6.68. The molecule has 1 aromatic carbocycles. The van der Waals surface area contributed by atoms with Gasteiger partial charge in [0.2, 0.25) is 0 Å². The van der Waals surface area contributed by atoms with Crippen molar-refractivity contribution in [1.29, 1.82) is 0 Å². The van der Waals surface area contributed by atoms with Crippen molar-refractivity contribution in [2.24, 2.45) is 0 Å². The van der Waals surface area contributed by atoms with Crippen LogP contribution in [0.25, 0.3) is 0 Å². The topological polar surface area (TPSA) is 78.4 Å². The third-order valence-electron chi connectivity index (χ3n) is 2.02. The van der Waals surface area contributed by atoms with E-state index < -0.39 is 18.0 Å². The number of phenols is 1. The first-order valence-electron chi connectivity index (χ1n) is 4.08. The molecule has 1 saturated heterocycles. The Morgan fingerprint density at radius 1 is 1.21 bits per heavy atom. The average molecular weight is 192 g/mol. The Morgan fingerprint density at radius 3 is 2.50 bits per heavy atom. The van der Waals surface area contributed by atoms with E-state index >= 15 is 0 Å². The molecule has 0 aromatic heterocycles. The maximum absolute atomic E-state index is 11.2. The highest BCUT2D eigenvalue weighted by molar-refractivity contribution is 6.04. The number of benzene rings is 1. The number of carbonyl (C=O) groups is 2. The zero-order valence-corrected chi connectivity index (χ0v) is 7.15. The van der Waals surface area contributed by atoms with Crippen molar-refractivity contribution >= 4 is 11.9 Å². The number of phenolic OH excluding ortho intramolecular Hbond substituents is 1. The Bertz CT molecular complexity index is 403. The number of aromatic hydroxyl groups is 1. The molecule has 1 aliphatic rings. The van der Waals surface area contributed by atoms with Gasteiger partial charge in [-0.25, -0.2) is 4.79 Å². The van der Waals surface area contributed by atoms with Crippen molar-refractivity contribution in [3.05, 3.63) is 29.8 Å². The zero-order valence-electron chi connectivity index (χ0n) is 7.15. The minimum atomic E-state index is -0.788.